The number of benzene rings is 2. The highest BCUT2D eigenvalue weighted by atomic mass is 16.2. The summed E-state index contributed by atoms with van der Waals surface area (Å²) in [6.07, 6.45) is 1.83. The maximum Gasteiger partial charge on any atom is 0.251 e. The number of rotatable bonds is 5. The van der Waals surface area contributed by atoms with Crippen LogP contribution in [0.2, 0.25) is 0 Å². The van der Waals surface area contributed by atoms with Crippen LogP contribution in [-0.2, 0) is 22.4 Å². The number of nitrogens with one attached hydrogen (secondary N) is 2. The van der Waals surface area contributed by atoms with Crippen molar-refractivity contribution in [1.29, 1.82) is 0 Å². The lowest BCUT2D eigenvalue weighted by atomic mass is 10.0. The minimum atomic E-state index is -0.558. The van der Waals surface area contributed by atoms with Gasteiger partial charge in [-0.3, -0.25) is 14.4 Å². The van der Waals surface area contributed by atoms with Gasteiger partial charge in [-0.2, -0.15) is 0 Å². The van der Waals surface area contributed by atoms with Crippen molar-refractivity contribution in [3.63, 3.8) is 0 Å². The number of aryl methyl sites for hydroxylation is 1. The second-order valence-electron chi connectivity index (χ2n) is 7.71. The molecule has 2 aliphatic heterocycles. The van der Waals surface area contributed by atoms with Gasteiger partial charge in [0.25, 0.3) is 5.91 Å². The summed E-state index contributed by atoms with van der Waals surface area (Å²) in [5.74, 6) is -0.400. The highest BCUT2D eigenvalue weighted by Crippen LogP contribution is 2.24. The van der Waals surface area contributed by atoms with E-state index in [1.54, 1.807) is 4.90 Å². The molecule has 6 heteroatoms. The van der Waals surface area contributed by atoms with Crippen LogP contribution in [0, 0.1) is 0 Å². The van der Waals surface area contributed by atoms with E-state index in [9.17, 15) is 14.4 Å². The van der Waals surface area contributed by atoms with E-state index in [0.717, 1.165) is 12.0 Å². The topological polar surface area (TPSA) is 78.5 Å². The molecule has 6 nitrogen and oxygen atoms in total. The molecule has 3 atom stereocenters. The molecule has 2 aliphatic rings. The molecular weight excluding hydrogens is 366 g/mol. The maximum atomic E-state index is 12.9. The fraction of sp³-hybridized carbons (Fsp3) is 0.348. The first-order chi connectivity index (χ1) is 14.0. The van der Waals surface area contributed by atoms with E-state index in [0.29, 0.717) is 24.9 Å². The lowest BCUT2D eigenvalue weighted by molar-refractivity contribution is -0.147. The van der Waals surface area contributed by atoms with Crippen LogP contribution in [0.4, 0.5) is 0 Å². The first-order valence-electron chi connectivity index (χ1n) is 10.1. The first-order valence-corrected chi connectivity index (χ1v) is 10.1. The summed E-state index contributed by atoms with van der Waals surface area (Å²) in [7, 11) is 0. The smallest absolute Gasteiger partial charge is 0.251 e. The predicted octanol–water partition coefficient (Wildman–Crippen LogP) is 1.69. The minimum Gasteiger partial charge on any atom is -0.347 e. The van der Waals surface area contributed by atoms with Gasteiger partial charge in [0, 0.05) is 24.6 Å². The number of piperazine rings is 1. The molecule has 2 aromatic carbocycles. The van der Waals surface area contributed by atoms with Crippen molar-refractivity contribution in [2.75, 3.05) is 6.54 Å². The average Bonchev–Trinajstić information content (AvgIpc) is 3.17. The molecule has 0 aromatic heterocycles. The van der Waals surface area contributed by atoms with Gasteiger partial charge in [0.15, 0.2) is 0 Å². The summed E-state index contributed by atoms with van der Waals surface area (Å²) in [6.45, 7) is 2.43. The van der Waals surface area contributed by atoms with Crippen LogP contribution in [-0.4, -0.2) is 47.3 Å². The summed E-state index contributed by atoms with van der Waals surface area (Å²) in [6, 6.07) is 15.9. The largest absolute Gasteiger partial charge is 0.347 e. The molecule has 2 fully saturated rings. The Kier molecular flexibility index (Phi) is 5.34. The summed E-state index contributed by atoms with van der Waals surface area (Å²) in [5.41, 5.74) is 2.76. The van der Waals surface area contributed by atoms with Gasteiger partial charge in [-0.15, -0.1) is 0 Å². The van der Waals surface area contributed by atoms with Crippen LogP contribution in [0.25, 0.3) is 0 Å². The molecule has 4 rings (SSSR count). The minimum absolute atomic E-state index is 0.0810. The highest BCUT2D eigenvalue weighted by molar-refractivity contribution is 5.98. The van der Waals surface area contributed by atoms with Crippen molar-refractivity contribution in [3.05, 3.63) is 71.3 Å². The second kappa shape index (κ2) is 8.07. The first kappa shape index (κ1) is 19.2. The Hall–Kier alpha value is -3.15. The standard InChI is InChI=1S/C23H25N3O3/c1-2-15-8-10-17(11-9-15)21(27)24-18-13-20-22(28)25-19(23(29)26(20)14-18)12-16-6-4-3-5-7-16/h3-11,18-20H,2,12-14H2,1H3,(H,24,27)(H,25,28)/t18-,19+,20-/m0/s1. The quantitative estimate of drug-likeness (QED) is 0.814. The van der Waals surface area contributed by atoms with Gasteiger partial charge in [-0.05, 0) is 36.1 Å². The lowest BCUT2D eigenvalue weighted by Gasteiger charge is -2.34. The van der Waals surface area contributed by atoms with Gasteiger partial charge >= 0.3 is 0 Å². The highest BCUT2D eigenvalue weighted by Gasteiger charge is 2.46. The molecule has 0 bridgehead atoms. The Bertz CT molecular complexity index is 911. The van der Waals surface area contributed by atoms with E-state index in [4.69, 9.17) is 0 Å². The van der Waals surface area contributed by atoms with Crippen LogP contribution >= 0.6 is 0 Å². The van der Waals surface area contributed by atoms with E-state index in [1.165, 1.54) is 5.56 Å². The van der Waals surface area contributed by atoms with Gasteiger partial charge in [0.1, 0.15) is 12.1 Å². The van der Waals surface area contributed by atoms with Crippen molar-refractivity contribution in [2.45, 2.75) is 44.3 Å². The monoisotopic (exact) mass is 391 g/mol. The van der Waals surface area contributed by atoms with Gasteiger partial charge in [0.2, 0.25) is 11.8 Å². The van der Waals surface area contributed by atoms with E-state index in [2.05, 4.69) is 17.6 Å². The molecule has 2 N–H and O–H groups in total. The molecule has 0 spiro atoms. The van der Waals surface area contributed by atoms with Gasteiger partial charge in [0.05, 0.1) is 0 Å². The summed E-state index contributed by atoms with van der Waals surface area (Å²) < 4.78 is 0. The number of hydrogen-bond acceptors (Lipinski definition) is 3. The Balaban J connectivity index is 1.41. The second-order valence-corrected chi connectivity index (χ2v) is 7.71. The van der Waals surface area contributed by atoms with E-state index >= 15 is 0 Å². The molecule has 2 aromatic rings. The predicted molar refractivity (Wildman–Crippen MR) is 109 cm³/mol. The van der Waals surface area contributed by atoms with E-state index in [-0.39, 0.29) is 23.8 Å². The number of nitrogens with zero attached hydrogens (tertiary/aromatic N) is 1. The van der Waals surface area contributed by atoms with Crippen molar-refractivity contribution < 1.29 is 14.4 Å². The van der Waals surface area contributed by atoms with E-state index < -0.39 is 12.1 Å². The van der Waals surface area contributed by atoms with E-state index in [1.807, 2.05) is 54.6 Å². The molecule has 3 amide bonds. The van der Waals surface area contributed by atoms with Crippen molar-refractivity contribution in [1.82, 2.24) is 15.5 Å². The third kappa shape index (κ3) is 4.01. The fourth-order valence-corrected chi connectivity index (χ4v) is 4.11. The SMILES string of the molecule is CCc1ccc(C(=O)N[C@H]2C[C@H]3C(=O)N[C@H](Cc4ccccc4)C(=O)N3C2)cc1. The van der Waals surface area contributed by atoms with Crippen LogP contribution in [0.3, 0.4) is 0 Å². The number of carbonyl (C=O) groups is 3. The van der Waals surface area contributed by atoms with Crippen LogP contribution in [0.1, 0.15) is 34.8 Å². The average molecular weight is 391 g/mol. The fourth-order valence-electron chi connectivity index (χ4n) is 4.11. The molecule has 0 saturated carbocycles. The summed E-state index contributed by atoms with van der Waals surface area (Å²) in [5, 5.41) is 5.84. The summed E-state index contributed by atoms with van der Waals surface area (Å²) in [4.78, 5) is 39.7. The molecule has 2 saturated heterocycles. The molecule has 2 heterocycles. The Morgan fingerprint density at radius 2 is 1.79 bits per heavy atom. The lowest BCUT2D eigenvalue weighted by Crippen LogP contribution is -2.61. The molecule has 29 heavy (non-hydrogen) atoms. The molecule has 0 unspecified atom stereocenters. The summed E-state index contributed by atoms with van der Waals surface area (Å²) >= 11 is 0. The number of carbonyl (C=O) groups excluding carboxylic acids is 3. The molecular formula is C23H25N3O3. The molecule has 0 radical (unpaired) electrons. The third-order valence-electron chi connectivity index (χ3n) is 5.74. The number of fused-ring (bicyclic) bond motifs is 1. The van der Waals surface area contributed by atoms with Gasteiger partial charge in [-0.25, -0.2) is 0 Å². The Morgan fingerprint density at radius 1 is 1.07 bits per heavy atom. The van der Waals surface area contributed by atoms with Crippen molar-refractivity contribution in [2.24, 2.45) is 0 Å². The zero-order valence-corrected chi connectivity index (χ0v) is 16.4. The Labute approximate surface area is 170 Å². The van der Waals surface area contributed by atoms with Gasteiger partial charge in [-0.1, -0.05) is 49.4 Å². The molecule has 0 aliphatic carbocycles. The molecule has 150 valence electrons. The number of amides is 3. The zero-order valence-electron chi connectivity index (χ0n) is 16.4. The number of hydrogen-bond donors (Lipinski definition) is 2. The van der Waals surface area contributed by atoms with Crippen molar-refractivity contribution in [3.8, 4) is 0 Å². The Morgan fingerprint density at radius 3 is 2.48 bits per heavy atom. The van der Waals surface area contributed by atoms with Crippen molar-refractivity contribution >= 4 is 17.7 Å². The third-order valence-corrected chi connectivity index (χ3v) is 5.74. The van der Waals surface area contributed by atoms with Crippen LogP contribution in [0.5, 0.6) is 0 Å². The van der Waals surface area contributed by atoms with Crippen LogP contribution in [0.15, 0.2) is 54.6 Å². The normalized spacial score (nSPS) is 23.5. The van der Waals surface area contributed by atoms with Gasteiger partial charge < -0.3 is 15.5 Å². The van der Waals surface area contributed by atoms with Crippen LogP contribution < -0.4 is 10.6 Å². The zero-order chi connectivity index (χ0) is 20.4. The maximum absolute atomic E-state index is 12.9.